The Morgan fingerprint density at radius 1 is 1.00 bits per heavy atom. The van der Waals surface area contributed by atoms with Gasteiger partial charge in [-0.05, 0) is 43.5 Å². The second-order valence-electron chi connectivity index (χ2n) is 8.82. The van der Waals surface area contributed by atoms with E-state index >= 15 is 0 Å². The number of unbranched alkanes of at least 4 members (excludes halogenated alkanes) is 1. The quantitative estimate of drug-likeness (QED) is 0.279. The molecule has 4 rings (SSSR count). The predicted molar refractivity (Wildman–Crippen MR) is 128 cm³/mol. The third-order valence-corrected chi connectivity index (χ3v) is 5.78. The Bertz CT molecular complexity index is 1360. The first-order valence-electron chi connectivity index (χ1n) is 12.1. The summed E-state index contributed by atoms with van der Waals surface area (Å²) in [4.78, 5) is 28.4. The maximum Gasteiger partial charge on any atom is 0.416 e. The number of rotatable bonds is 11. The molecule has 1 unspecified atom stereocenters. The Balaban J connectivity index is 1.16. The SMILES string of the molecule is O=C(NCc1cc(C(F)(F)F)ccn1)c1cn(CCCCn2cc(C(=O)NCC3C=C(F)C=CC3)nn2)nn1. The number of hydrogen-bond donors (Lipinski definition) is 2. The summed E-state index contributed by atoms with van der Waals surface area (Å²) in [5, 5.41) is 20.7. The molecule has 3 aromatic rings. The summed E-state index contributed by atoms with van der Waals surface area (Å²) in [7, 11) is 0. The summed E-state index contributed by atoms with van der Waals surface area (Å²) >= 11 is 0. The van der Waals surface area contributed by atoms with E-state index in [9.17, 15) is 27.2 Å². The number of amides is 2. The third kappa shape index (κ3) is 8.02. The lowest BCUT2D eigenvalue weighted by molar-refractivity contribution is -0.137. The molecule has 0 saturated carbocycles. The van der Waals surface area contributed by atoms with Crippen LogP contribution in [0.2, 0.25) is 0 Å². The zero-order chi connectivity index (χ0) is 27.8. The highest BCUT2D eigenvalue weighted by Gasteiger charge is 2.30. The molecule has 0 radical (unpaired) electrons. The van der Waals surface area contributed by atoms with Crippen LogP contribution >= 0.6 is 0 Å². The number of alkyl halides is 3. The van der Waals surface area contributed by atoms with Gasteiger partial charge in [0.15, 0.2) is 11.4 Å². The standard InChI is InChI=1S/C24H25F4N9O2/c25-18-5-3-4-16(10-18)12-30-22(38)20-14-36(34-32-20)8-1-2-9-37-15-21(33-35-37)23(39)31-13-19-11-17(6-7-29-19)24(26,27)28/h3,5-7,10-11,14-16H,1-2,4,8-9,12-13H2,(H,30,38)(H,31,39). The highest BCUT2D eigenvalue weighted by atomic mass is 19.4. The summed E-state index contributed by atoms with van der Waals surface area (Å²) in [6, 6.07) is 1.73. The molecule has 2 N–H and O–H groups in total. The van der Waals surface area contributed by atoms with E-state index in [2.05, 4.69) is 36.2 Å². The van der Waals surface area contributed by atoms with Gasteiger partial charge in [0.25, 0.3) is 11.8 Å². The monoisotopic (exact) mass is 547 g/mol. The average molecular weight is 548 g/mol. The van der Waals surface area contributed by atoms with E-state index in [4.69, 9.17) is 0 Å². The summed E-state index contributed by atoms with van der Waals surface area (Å²) in [5.74, 6) is -1.40. The molecule has 39 heavy (non-hydrogen) atoms. The van der Waals surface area contributed by atoms with Crippen LogP contribution < -0.4 is 10.6 Å². The number of hydrogen-bond acceptors (Lipinski definition) is 7. The Morgan fingerprint density at radius 2 is 1.64 bits per heavy atom. The third-order valence-electron chi connectivity index (χ3n) is 5.78. The molecule has 11 nitrogen and oxygen atoms in total. The van der Waals surface area contributed by atoms with Crippen LogP contribution in [0.5, 0.6) is 0 Å². The molecule has 0 aliphatic heterocycles. The van der Waals surface area contributed by atoms with Gasteiger partial charge in [-0.3, -0.25) is 23.9 Å². The van der Waals surface area contributed by atoms with Gasteiger partial charge >= 0.3 is 6.18 Å². The van der Waals surface area contributed by atoms with Gasteiger partial charge in [-0.15, -0.1) is 10.2 Å². The number of allylic oxidation sites excluding steroid dienone is 3. The smallest absolute Gasteiger partial charge is 0.350 e. The van der Waals surface area contributed by atoms with E-state index in [0.717, 1.165) is 18.3 Å². The molecule has 206 valence electrons. The Labute approximate surface area is 220 Å². The van der Waals surface area contributed by atoms with Crippen molar-refractivity contribution in [2.24, 2.45) is 5.92 Å². The maximum atomic E-state index is 13.3. The summed E-state index contributed by atoms with van der Waals surface area (Å²) in [6.07, 6.45) is 6.08. The lowest BCUT2D eigenvalue weighted by Gasteiger charge is -2.13. The van der Waals surface area contributed by atoms with Crippen LogP contribution in [0.3, 0.4) is 0 Å². The minimum Gasteiger partial charge on any atom is -0.350 e. The van der Waals surface area contributed by atoms with Crippen molar-refractivity contribution in [2.75, 3.05) is 6.54 Å². The number of carbonyl (C=O) groups is 2. The molecule has 0 aromatic carbocycles. The molecule has 1 aliphatic rings. The summed E-state index contributed by atoms with van der Waals surface area (Å²) < 4.78 is 54.8. The fourth-order valence-corrected chi connectivity index (χ4v) is 3.74. The molecule has 1 atom stereocenters. The minimum atomic E-state index is -4.50. The molecule has 3 aromatic heterocycles. The molecule has 0 saturated heterocycles. The first-order valence-corrected chi connectivity index (χ1v) is 12.1. The number of nitrogens with zero attached hydrogens (tertiary/aromatic N) is 7. The highest BCUT2D eigenvalue weighted by molar-refractivity contribution is 5.92. The van der Waals surface area contributed by atoms with E-state index in [1.807, 2.05) is 0 Å². The van der Waals surface area contributed by atoms with Crippen LogP contribution in [0.25, 0.3) is 0 Å². The Kier molecular flexibility index (Phi) is 8.78. The van der Waals surface area contributed by atoms with Crippen LogP contribution in [0.1, 0.15) is 51.5 Å². The number of halogens is 4. The second-order valence-corrected chi connectivity index (χ2v) is 8.82. The molecule has 0 spiro atoms. The molecule has 3 heterocycles. The van der Waals surface area contributed by atoms with E-state index in [1.165, 1.54) is 29.2 Å². The summed E-state index contributed by atoms with van der Waals surface area (Å²) in [5.41, 5.74) is -0.593. The molecule has 0 bridgehead atoms. The molecule has 0 fully saturated rings. The van der Waals surface area contributed by atoms with Crippen molar-refractivity contribution in [1.82, 2.24) is 45.6 Å². The zero-order valence-corrected chi connectivity index (χ0v) is 20.6. The van der Waals surface area contributed by atoms with Crippen molar-refractivity contribution < 1.29 is 27.2 Å². The Morgan fingerprint density at radius 3 is 2.26 bits per heavy atom. The van der Waals surface area contributed by atoms with Crippen LogP contribution in [0.15, 0.2) is 54.8 Å². The molecule has 15 heteroatoms. The van der Waals surface area contributed by atoms with Crippen molar-refractivity contribution in [3.05, 3.63) is 77.4 Å². The van der Waals surface area contributed by atoms with Gasteiger partial charge in [0.2, 0.25) is 0 Å². The van der Waals surface area contributed by atoms with Crippen molar-refractivity contribution in [1.29, 1.82) is 0 Å². The second kappa shape index (κ2) is 12.4. The summed E-state index contributed by atoms with van der Waals surface area (Å²) in [6.45, 7) is 1.05. The number of aryl methyl sites for hydroxylation is 2. The largest absolute Gasteiger partial charge is 0.416 e. The fraction of sp³-hybridized carbons (Fsp3) is 0.375. The first kappa shape index (κ1) is 27.6. The van der Waals surface area contributed by atoms with Crippen LogP contribution in [0.4, 0.5) is 17.6 Å². The highest BCUT2D eigenvalue weighted by Crippen LogP contribution is 2.29. The number of pyridine rings is 1. The minimum absolute atomic E-state index is 0.0244. The van der Waals surface area contributed by atoms with E-state index in [0.29, 0.717) is 38.9 Å². The van der Waals surface area contributed by atoms with E-state index in [1.54, 1.807) is 10.8 Å². The first-order chi connectivity index (χ1) is 18.7. The number of aromatic nitrogens is 7. The van der Waals surface area contributed by atoms with Crippen molar-refractivity contribution in [3.63, 3.8) is 0 Å². The van der Waals surface area contributed by atoms with Gasteiger partial charge < -0.3 is 10.6 Å². The molecular formula is C24H25F4N9O2. The normalized spacial score (nSPS) is 15.2. The van der Waals surface area contributed by atoms with Gasteiger partial charge in [0.05, 0.1) is 30.2 Å². The maximum absolute atomic E-state index is 13.3. The van der Waals surface area contributed by atoms with Crippen LogP contribution in [0, 0.1) is 5.92 Å². The Hall–Kier alpha value is -4.43. The van der Waals surface area contributed by atoms with E-state index in [-0.39, 0.29) is 41.3 Å². The van der Waals surface area contributed by atoms with Crippen molar-refractivity contribution in [2.45, 2.75) is 45.1 Å². The molecular weight excluding hydrogens is 522 g/mol. The van der Waals surface area contributed by atoms with Gasteiger partial charge in [-0.1, -0.05) is 16.5 Å². The molecule has 2 amide bonds. The van der Waals surface area contributed by atoms with Crippen LogP contribution in [-0.2, 0) is 25.8 Å². The molecule has 1 aliphatic carbocycles. The van der Waals surface area contributed by atoms with E-state index < -0.39 is 17.6 Å². The number of nitrogens with one attached hydrogen (secondary N) is 2. The van der Waals surface area contributed by atoms with Gasteiger partial charge in [0.1, 0.15) is 5.83 Å². The van der Waals surface area contributed by atoms with Gasteiger partial charge in [-0.2, -0.15) is 13.2 Å². The van der Waals surface area contributed by atoms with Crippen molar-refractivity contribution in [3.8, 4) is 0 Å². The lowest BCUT2D eigenvalue weighted by Crippen LogP contribution is -2.29. The van der Waals surface area contributed by atoms with Gasteiger partial charge in [-0.25, -0.2) is 4.39 Å². The number of carbonyl (C=O) groups excluding carboxylic acids is 2. The fourth-order valence-electron chi connectivity index (χ4n) is 3.74. The lowest BCUT2D eigenvalue weighted by atomic mass is 10.0. The zero-order valence-electron chi connectivity index (χ0n) is 20.6. The average Bonchev–Trinajstić information content (AvgIpc) is 3.58. The predicted octanol–water partition coefficient (Wildman–Crippen LogP) is 2.85. The van der Waals surface area contributed by atoms with Crippen LogP contribution in [-0.4, -0.2) is 53.3 Å². The van der Waals surface area contributed by atoms with Gasteiger partial charge in [0, 0.05) is 31.7 Å². The topological polar surface area (TPSA) is 133 Å². The van der Waals surface area contributed by atoms with Crippen molar-refractivity contribution >= 4 is 11.8 Å².